The fourth-order valence-corrected chi connectivity index (χ4v) is 1.26. The summed E-state index contributed by atoms with van der Waals surface area (Å²) >= 11 is 0. The zero-order chi connectivity index (χ0) is 33.2. The molecule has 41 heavy (non-hydrogen) atoms. The number of nitrogens with one attached hydrogen (secondary N) is 8. The van der Waals surface area contributed by atoms with Crippen molar-refractivity contribution in [3.63, 3.8) is 0 Å². The molecule has 0 spiro atoms. The predicted octanol–water partition coefficient (Wildman–Crippen LogP) is -0.766. The van der Waals surface area contributed by atoms with Crippen LogP contribution in [0.2, 0.25) is 0 Å². The Morgan fingerprint density at radius 3 is 1.37 bits per heavy atom. The van der Waals surface area contributed by atoms with Crippen LogP contribution in [0, 0.1) is 0 Å². The molecular formula is C22H53N9O10. The highest BCUT2D eigenvalue weighted by Crippen LogP contribution is 1.98. The van der Waals surface area contributed by atoms with E-state index in [2.05, 4.69) is 68.1 Å². The number of hydrogen-bond donors (Lipinski definition) is 10. The van der Waals surface area contributed by atoms with Crippen molar-refractivity contribution >= 4 is 18.2 Å². The summed E-state index contributed by atoms with van der Waals surface area (Å²) in [5.74, 6) is -0.322. The molecule has 0 aliphatic heterocycles. The molecule has 246 valence electrons. The van der Waals surface area contributed by atoms with Crippen molar-refractivity contribution in [3.8, 4) is 0 Å². The number of carbonyl (C=O) groups excluding carboxylic acids is 3. The highest BCUT2D eigenvalue weighted by molar-refractivity contribution is 5.66. The number of amides is 2. The SMILES string of the molecule is CCONC.CNO.CNOC.CNOC(=O)NC.CNOC(C)=O.CNOC(N)=O.CNOCc1ccccc1. The third-order valence-corrected chi connectivity index (χ3v) is 2.57. The van der Waals surface area contributed by atoms with E-state index in [4.69, 9.17) is 10.0 Å². The Balaban J connectivity index is -0.0000000901. The molecule has 11 N–H and O–H groups in total. The first-order valence-corrected chi connectivity index (χ1v) is 11.7. The Labute approximate surface area is 243 Å². The summed E-state index contributed by atoms with van der Waals surface area (Å²) in [7, 11) is 14.2. The van der Waals surface area contributed by atoms with Crippen LogP contribution in [0.5, 0.6) is 0 Å². The minimum atomic E-state index is -0.822. The van der Waals surface area contributed by atoms with Crippen LogP contribution in [0.4, 0.5) is 9.59 Å². The lowest BCUT2D eigenvalue weighted by Crippen LogP contribution is -2.24. The molecule has 0 radical (unpaired) electrons. The zero-order valence-electron chi connectivity index (χ0n) is 26.0. The van der Waals surface area contributed by atoms with E-state index in [-0.39, 0.29) is 5.97 Å². The largest absolute Gasteiger partial charge is 0.425 e. The quantitative estimate of drug-likeness (QED) is 0.123. The molecule has 0 saturated carbocycles. The first-order chi connectivity index (χ1) is 19.5. The van der Waals surface area contributed by atoms with Gasteiger partial charge in [-0.25, -0.2) is 31.5 Å². The first-order valence-electron chi connectivity index (χ1n) is 11.7. The van der Waals surface area contributed by atoms with Crippen LogP contribution < -0.4 is 49.4 Å². The lowest BCUT2D eigenvalue weighted by Gasteiger charge is -1.99. The Morgan fingerprint density at radius 1 is 0.756 bits per heavy atom. The van der Waals surface area contributed by atoms with Crippen LogP contribution >= 0.6 is 0 Å². The Morgan fingerprint density at radius 2 is 1.20 bits per heavy atom. The van der Waals surface area contributed by atoms with Gasteiger partial charge in [0, 0.05) is 63.3 Å². The van der Waals surface area contributed by atoms with Crippen LogP contribution in [0.3, 0.4) is 0 Å². The predicted molar refractivity (Wildman–Crippen MR) is 153 cm³/mol. The van der Waals surface area contributed by atoms with Gasteiger partial charge in [-0.15, -0.1) is 0 Å². The molecule has 0 atom stereocenters. The van der Waals surface area contributed by atoms with Gasteiger partial charge in [-0.1, -0.05) is 30.3 Å². The van der Waals surface area contributed by atoms with Gasteiger partial charge in [-0.2, -0.15) is 16.4 Å². The summed E-state index contributed by atoms with van der Waals surface area (Å²) in [4.78, 5) is 55.4. The Kier molecular flexibility index (Phi) is 65.6. The molecule has 0 unspecified atom stereocenters. The third-order valence-electron chi connectivity index (χ3n) is 2.57. The molecule has 0 fully saturated rings. The van der Waals surface area contributed by atoms with Gasteiger partial charge in [0.1, 0.15) is 0 Å². The van der Waals surface area contributed by atoms with Gasteiger partial charge in [0.05, 0.1) is 20.3 Å². The van der Waals surface area contributed by atoms with E-state index in [0.29, 0.717) is 6.61 Å². The average molecular weight is 604 g/mol. The molecule has 0 aliphatic rings. The molecule has 19 heteroatoms. The summed E-state index contributed by atoms with van der Waals surface area (Å²) in [5, 5.41) is 9.56. The lowest BCUT2D eigenvalue weighted by atomic mass is 10.2. The molecule has 1 aromatic carbocycles. The minimum absolute atomic E-state index is 0.322. The number of carbonyl (C=O) groups is 3. The molecular weight excluding hydrogens is 550 g/mol. The topological polar surface area (TPSA) is 249 Å². The summed E-state index contributed by atoms with van der Waals surface area (Å²) in [6.45, 7) is 4.61. The van der Waals surface area contributed by atoms with E-state index >= 15 is 0 Å². The summed E-state index contributed by atoms with van der Waals surface area (Å²) in [5.41, 5.74) is 21.5. The molecule has 0 aliphatic carbocycles. The summed E-state index contributed by atoms with van der Waals surface area (Å²) < 4.78 is 0. The third kappa shape index (κ3) is 85.7. The second kappa shape index (κ2) is 53.1. The van der Waals surface area contributed by atoms with Crippen LogP contribution in [-0.2, 0) is 40.4 Å². The van der Waals surface area contributed by atoms with Gasteiger partial charge < -0.3 is 40.4 Å². The summed E-state index contributed by atoms with van der Waals surface area (Å²) in [6, 6.07) is 10.0. The van der Waals surface area contributed by atoms with Gasteiger partial charge in [-0.05, 0) is 12.5 Å². The van der Waals surface area contributed by atoms with Crippen molar-refractivity contribution in [2.45, 2.75) is 20.5 Å². The van der Waals surface area contributed by atoms with Crippen LogP contribution in [0.15, 0.2) is 30.3 Å². The monoisotopic (exact) mass is 603 g/mol. The van der Waals surface area contributed by atoms with E-state index in [1.807, 2.05) is 37.3 Å². The molecule has 1 rings (SSSR count). The molecule has 19 nitrogen and oxygen atoms in total. The van der Waals surface area contributed by atoms with Crippen molar-refractivity contribution in [1.29, 1.82) is 0 Å². The zero-order valence-corrected chi connectivity index (χ0v) is 26.0. The second-order valence-electron chi connectivity index (χ2n) is 5.51. The van der Waals surface area contributed by atoms with Gasteiger partial charge in [0.25, 0.3) is 0 Å². The van der Waals surface area contributed by atoms with Crippen molar-refractivity contribution in [2.24, 2.45) is 5.73 Å². The normalized spacial score (nSPS) is 8.10. The molecule has 0 bridgehead atoms. The second-order valence-corrected chi connectivity index (χ2v) is 5.51. The van der Waals surface area contributed by atoms with Gasteiger partial charge in [0.15, 0.2) is 0 Å². The molecule has 0 aromatic heterocycles. The summed E-state index contributed by atoms with van der Waals surface area (Å²) in [6.07, 6.45) is -1.31. The maximum atomic E-state index is 10.0. The van der Waals surface area contributed by atoms with Crippen LogP contribution in [0.25, 0.3) is 0 Å². The number of rotatable bonds is 9. The fourth-order valence-electron chi connectivity index (χ4n) is 1.26. The molecule has 0 heterocycles. The molecule has 0 saturated heterocycles. The van der Waals surface area contributed by atoms with Crippen LogP contribution in [-0.4, -0.2) is 93.5 Å². The lowest BCUT2D eigenvalue weighted by molar-refractivity contribution is -0.147. The average Bonchev–Trinajstić information content (AvgIpc) is 2.95. The maximum absolute atomic E-state index is 10.0. The Hall–Kier alpha value is -3.21. The number of nitrogens with two attached hydrogens (primary N) is 1. The first kappa shape index (κ1) is 50.6. The van der Waals surface area contributed by atoms with Crippen LogP contribution in [0.1, 0.15) is 19.4 Å². The number of hydrogen-bond acceptors (Lipinski definition) is 17. The highest BCUT2D eigenvalue weighted by atomic mass is 16.7. The van der Waals surface area contributed by atoms with E-state index in [1.54, 1.807) is 33.7 Å². The van der Waals surface area contributed by atoms with Gasteiger partial charge in [-0.3, -0.25) is 9.63 Å². The minimum Gasteiger partial charge on any atom is -0.371 e. The highest BCUT2D eigenvalue weighted by Gasteiger charge is 1.90. The van der Waals surface area contributed by atoms with Crippen molar-refractivity contribution in [3.05, 3.63) is 35.9 Å². The van der Waals surface area contributed by atoms with E-state index < -0.39 is 12.2 Å². The smallest absolute Gasteiger partial charge is 0.371 e. The van der Waals surface area contributed by atoms with E-state index in [1.165, 1.54) is 47.7 Å². The number of benzene rings is 1. The fraction of sp³-hybridized carbons (Fsp3) is 0.591. The van der Waals surface area contributed by atoms with Gasteiger partial charge in [0.2, 0.25) is 0 Å². The standard InChI is InChI=1S/C8H11NO.C3H8N2O2.C3H7NO2.C3H9NO.C2H6N2O2.C2H7NO.CH5NO/c1-9-10-7-8-5-3-2-4-6-8;1-4-3(6)7-5-2;1-3(5)6-4-2;1-3-5-4-2;1-4-6-2(3)5;1-3-4-2;1-2-3/h2-6,9H,7H2,1H3;5H,1-2H3,(H,4,6);4H,1-2H3;4H,3H2,1-2H3;4H,1H3,(H2,3,5);3H,1-2H3;2-3H,1H3. The van der Waals surface area contributed by atoms with Crippen molar-refractivity contribution < 1.29 is 48.6 Å². The molecule has 2 amide bonds. The molecule has 1 aromatic rings. The Bertz CT molecular complexity index is 603. The van der Waals surface area contributed by atoms with Crippen molar-refractivity contribution in [2.75, 3.05) is 70.1 Å². The maximum Gasteiger partial charge on any atom is 0.425 e. The number of hydroxylamine groups is 7. The van der Waals surface area contributed by atoms with Gasteiger partial charge >= 0.3 is 18.2 Å². The number of primary amides is 1. The van der Waals surface area contributed by atoms with E-state index in [9.17, 15) is 14.4 Å². The van der Waals surface area contributed by atoms with E-state index in [0.717, 1.165) is 6.61 Å². The van der Waals surface area contributed by atoms with Crippen molar-refractivity contribution in [1.82, 2.24) is 43.7 Å².